The molecule has 5 nitrogen and oxygen atoms in total. The summed E-state index contributed by atoms with van der Waals surface area (Å²) in [6.07, 6.45) is 5.37. The van der Waals surface area contributed by atoms with E-state index in [2.05, 4.69) is 17.1 Å². The largest absolute Gasteiger partial charge is 0.336 e. The van der Waals surface area contributed by atoms with Gasteiger partial charge in [0.25, 0.3) is 11.6 Å². The first-order valence-electron chi connectivity index (χ1n) is 9.99. The summed E-state index contributed by atoms with van der Waals surface area (Å²) >= 11 is 0. The zero-order valence-electron chi connectivity index (χ0n) is 15.8. The summed E-state index contributed by atoms with van der Waals surface area (Å²) in [4.78, 5) is 20.1. The Morgan fingerprint density at radius 1 is 1.18 bits per heavy atom. The fourth-order valence-corrected chi connectivity index (χ4v) is 4.09. The number of amides is 1. The van der Waals surface area contributed by atoms with Crippen molar-refractivity contribution in [2.45, 2.75) is 51.0 Å². The summed E-state index contributed by atoms with van der Waals surface area (Å²) in [6, 6.07) is 8.21. The average Bonchev–Trinajstić information content (AvgIpc) is 3.47. The van der Waals surface area contributed by atoms with Crippen LogP contribution in [0.4, 0.5) is 4.39 Å². The number of carbonyl (C=O) groups is 1. The first kappa shape index (κ1) is 17.3. The zero-order chi connectivity index (χ0) is 19.3. The summed E-state index contributed by atoms with van der Waals surface area (Å²) in [5.41, 5.74) is 3.14. The van der Waals surface area contributed by atoms with Crippen LogP contribution in [0.1, 0.15) is 61.0 Å². The van der Waals surface area contributed by atoms with Crippen LogP contribution in [0.5, 0.6) is 0 Å². The molecule has 3 aromatic rings. The molecule has 0 bridgehead atoms. The van der Waals surface area contributed by atoms with Gasteiger partial charge in [0, 0.05) is 29.8 Å². The number of pyridine rings is 1. The molecule has 2 fully saturated rings. The molecule has 5 rings (SSSR count). The highest BCUT2D eigenvalue weighted by molar-refractivity contribution is 6.09. The number of nitrogens with zero attached hydrogens (tertiary/aromatic N) is 3. The molecule has 0 radical (unpaired) electrons. The molecule has 1 saturated heterocycles. The molecule has 1 aliphatic heterocycles. The Hall–Kier alpha value is -2.76. The standard InChI is InChI=1S/C22H22FN3O2/c1-13-4-2-3-11-26(13)22(27)17-12-18(14-5-6-14)24-21-19(17)20(25-28-21)15-7-9-16(23)10-8-15/h7-10,12-14H,2-6,11H2,1H3. The maximum atomic E-state index is 13.5. The summed E-state index contributed by atoms with van der Waals surface area (Å²) < 4.78 is 18.9. The molecule has 144 valence electrons. The summed E-state index contributed by atoms with van der Waals surface area (Å²) in [7, 11) is 0. The normalized spacial score (nSPS) is 19.9. The van der Waals surface area contributed by atoms with E-state index < -0.39 is 0 Å². The summed E-state index contributed by atoms with van der Waals surface area (Å²) in [5.74, 6) is 0.0892. The molecule has 1 aromatic carbocycles. The maximum absolute atomic E-state index is 13.5. The number of piperidine rings is 1. The van der Waals surface area contributed by atoms with Crippen LogP contribution in [0.25, 0.3) is 22.4 Å². The first-order valence-corrected chi connectivity index (χ1v) is 9.99. The van der Waals surface area contributed by atoms with Crippen molar-refractivity contribution in [2.24, 2.45) is 0 Å². The second-order valence-corrected chi connectivity index (χ2v) is 7.93. The topological polar surface area (TPSA) is 59.2 Å². The van der Waals surface area contributed by atoms with Gasteiger partial charge in [-0.25, -0.2) is 9.37 Å². The molecule has 28 heavy (non-hydrogen) atoms. The Morgan fingerprint density at radius 2 is 1.96 bits per heavy atom. The van der Waals surface area contributed by atoms with Gasteiger partial charge in [0.15, 0.2) is 0 Å². The van der Waals surface area contributed by atoms with E-state index in [1.54, 1.807) is 12.1 Å². The van der Waals surface area contributed by atoms with E-state index in [4.69, 9.17) is 4.52 Å². The van der Waals surface area contributed by atoms with Crippen molar-refractivity contribution in [3.63, 3.8) is 0 Å². The minimum atomic E-state index is -0.316. The number of rotatable bonds is 3. The van der Waals surface area contributed by atoms with E-state index in [9.17, 15) is 9.18 Å². The first-order chi connectivity index (χ1) is 13.6. The fraction of sp³-hybridized carbons (Fsp3) is 0.409. The van der Waals surface area contributed by atoms with Crippen LogP contribution in [0.15, 0.2) is 34.9 Å². The molecule has 1 unspecified atom stereocenters. The van der Waals surface area contributed by atoms with Crippen LogP contribution in [0, 0.1) is 5.82 Å². The van der Waals surface area contributed by atoms with Crippen LogP contribution < -0.4 is 0 Å². The van der Waals surface area contributed by atoms with Gasteiger partial charge in [0.1, 0.15) is 11.5 Å². The predicted octanol–water partition coefficient (Wildman–Crippen LogP) is 4.92. The highest BCUT2D eigenvalue weighted by Gasteiger charge is 2.32. The highest BCUT2D eigenvalue weighted by Crippen LogP contribution is 2.41. The number of likely N-dealkylation sites (tertiary alicyclic amines) is 1. The molecule has 1 aliphatic carbocycles. The molecule has 6 heteroatoms. The predicted molar refractivity (Wildman–Crippen MR) is 104 cm³/mol. The Morgan fingerprint density at radius 3 is 2.68 bits per heavy atom. The van der Waals surface area contributed by atoms with Crippen molar-refractivity contribution in [3.05, 3.63) is 47.4 Å². The lowest BCUT2D eigenvalue weighted by Crippen LogP contribution is -2.42. The van der Waals surface area contributed by atoms with Gasteiger partial charge in [0.05, 0.1) is 10.9 Å². The van der Waals surface area contributed by atoms with Gasteiger partial charge < -0.3 is 9.42 Å². The lowest BCUT2D eigenvalue weighted by Gasteiger charge is -2.33. The summed E-state index contributed by atoms with van der Waals surface area (Å²) in [5, 5.41) is 4.82. The third-order valence-electron chi connectivity index (χ3n) is 5.87. The van der Waals surface area contributed by atoms with E-state index >= 15 is 0 Å². The van der Waals surface area contributed by atoms with Crippen molar-refractivity contribution in [1.82, 2.24) is 15.0 Å². The molecule has 2 aromatic heterocycles. The number of benzene rings is 1. The van der Waals surface area contributed by atoms with Gasteiger partial charge in [-0.05, 0) is 69.4 Å². The Balaban J connectivity index is 1.67. The number of aromatic nitrogens is 2. The Bertz CT molecular complexity index is 1040. The van der Waals surface area contributed by atoms with Gasteiger partial charge in [0.2, 0.25) is 0 Å². The smallest absolute Gasteiger partial charge is 0.259 e. The zero-order valence-corrected chi connectivity index (χ0v) is 15.8. The monoisotopic (exact) mass is 379 g/mol. The molecular weight excluding hydrogens is 357 g/mol. The number of halogens is 1. The molecular formula is C22H22FN3O2. The Kier molecular flexibility index (Phi) is 4.14. The number of hydrogen-bond donors (Lipinski definition) is 0. The second-order valence-electron chi connectivity index (χ2n) is 7.93. The van der Waals surface area contributed by atoms with E-state index in [0.717, 1.165) is 44.3 Å². The molecule has 1 amide bonds. The van der Waals surface area contributed by atoms with Crippen LogP contribution >= 0.6 is 0 Å². The van der Waals surface area contributed by atoms with Crippen molar-refractivity contribution in [3.8, 4) is 11.3 Å². The second kappa shape index (κ2) is 6.69. The molecule has 1 saturated carbocycles. The minimum absolute atomic E-state index is 0.00746. The number of carbonyl (C=O) groups excluding carboxylic acids is 1. The lowest BCUT2D eigenvalue weighted by molar-refractivity contribution is 0.0637. The molecule has 0 spiro atoms. The molecule has 3 heterocycles. The SMILES string of the molecule is CC1CCCCN1C(=O)c1cc(C2CC2)nc2onc(-c3ccc(F)cc3)c12. The van der Waals surface area contributed by atoms with Crippen molar-refractivity contribution in [2.75, 3.05) is 6.54 Å². The Labute approximate surface area is 162 Å². The minimum Gasteiger partial charge on any atom is -0.336 e. The van der Waals surface area contributed by atoms with E-state index in [-0.39, 0.29) is 17.8 Å². The van der Waals surface area contributed by atoms with Crippen LogP contribution in [0.2, 0.25) is 0 Å². The van der Waals surface area contributed by atoms with Crippen molar-refractivity contribution < 1.29 is 13.7 Å². The lowest BCUT2D eigenvalue weighted by atomic mass is 9.99. The fourth-order valence-electron chi connectivity index (χ4n) is 4.09. The number of hydrogen-bond acceptors (Lipinski definition) is 4. The van der Waals surface area contributed by atoms with Gasteiger partial charge in [-0.1, -0.05) is 5.16 Å². The number of fused-ring (bicyclic) bond motifs is 1. The molecule has 2 aliphatic rings. The maximum Gasteiger partial charge on any atom is 0.259 e. The highest BCUT2D eigenvalue weighted by atomic mass is 19.1. The summed E-state index contributed by atoms with van der Waals surface area (Å²) in [6.45, 7) is 2.87. The molecule has 1 atom stereocenters. The average molecular weight is 379 g/mol. The van der Waals surface area contributed by atoms with Crippen molar-refractivity contribution in [1.29, 1.82) is 0 Å². The van der Waals surface area contributed by atoms with Gasteiger partial charge in [-0.2, -0.15) is 0 Å². The van der Waals surface area contributed by atoms with Crippen LogP contribution in [0.3, 0.4) is 0 Å². The van der Waals surface area contributed by atoms with Crippen LogP contribution in [-0.4, -0.2) is 33.5 Å². The van der Waals surface area contributed by atoms with Crippen LogP contribution in [-0.2, 0) is 0 Å². The van der Waals surface area contributed by atoms with Gasteiger partial charge >= 0.3 is 0 Å². The quantitative estimate of drug-likeness (QED) is 0.648. The van der Waals surface area contributed by atoms with Gasteiger partial charge in [-0.3, -0.25) is 4.79 Å². The third kappa shape index (κ3) is 2.97. The third-order valence-corrected chi connectivity index (χ3v) is 5.87. The van der Waals surface area contributed by atoms with Gasteiger partial charge in [-0.15, -0.1) is 0 Å². The molecule has 0 N–H and O–H groups in total. The van der Waals surface area contributed by atoms with Crippen molar-refractivity contribution >= 4 is 17.0 Å². The van der Waals surface area contributed by atoms with E-state index in [1.165, 1.54) is 12.1 Å². The van der Waals surface area contributed by atoms with E-state index in [1.807, 2.05) is 11.0 Å². The van der Waals surface area contributed by atoms with E-state index in [0.29, 0.717) is 33.8 Å².